The number of amides is 2. The number of rotatable bonds is 4. The Labute approximate surface area is 160 Å². The molecule has 0 spiro atoms. The number of benzene rings is 2. The van der Waals surface area contributed by atoms with Gasteiger partial charge in [0.25, 0.3) is 11.8 Å². The predicted octanol–water partition coefficient (Wildman–Crippen LogP) is 3.77. The lowest BCUT2D eigenvalue weighted by atomic mass is 9.87. The van der Waals surface area contributed by atoms with E-state index >= 15 is 0 Å². The van der Waals surface area contributed by atoms with Crippen LogP contribution in [0.1, 0.15) is 42.3 Å². The van der Waals surface area contributed by atoms with Crippen LogP contribution < -0.4 is 10.2 Å². The Morgan fingerprint density at radius 2 is 1.81 bits per heavy atom. The van der Waals surface area contributed by atoms with Crippen molar-refractivity contribution in [1.29, 1.82) is 0 Å². The van der Waals surface area contributed by atoms with Gasteiger partial charge in [0.1, 0.15) is 6.61 Å². The zero-order valence-corrected chi connectivity index (χ0v) is 16.3. The van der Waals surface area contributed by atoms with E-state index < -0.39 is 0 Å². The van der Waals surface area contributed by atoms with E-state index in [0.717, 1.165) is 23.4 Å². The number of carbonyl (C=O) groups excluding carboxylic acids is 2. The van der Waals surface area contributed by atoms with Crippen molar-refractivity contribution in [3.05, 3.63) is 59.2 Å². The van der Waals surface area contributed by atoms with Gasteiger partial charge in [0.15, 0.2) is 0 Å². The van der Waals surface area contributed by atoms with E-state index in [0.29, 0.717) is 12.1 Å². The summed E-state index contributed by atoms with van der Waals surface area (Å²) < 4.78 is 4.94. The maximum atomic E-state index is 12.5. The van der Waals surface area contributed by atoms with E-state index in [-0.39, 0.29) is 23.8 Å². The molecule has 1 N–H and O–H groups in total. The molecular weight excluding hydrogens is 340 g/mol. The third-order valence-corrected chi connectivity index (χ3v) is 4.81. The van der Waals surface area contributed by atoms with E-state index in [9.17, 15) is 9.59 Å². The highest BCUT2D eigenvalue weighted by atomic mass is 16.5. The Balaban J connectivity index is 1.72. The predicted molar refractivity (Wildman–Crippen MR) is 107 cm³/mol. The molecular formula is C22H26N2O3. The molecule has 1 aliphatic rings. The fourth-order valence-electron chi connectivity index (χ4n) is 3.26. The minimum absolute atomic E-state index is 0.0491. The molecule has 0 radical (unpaired) electrons. The summed E-state index contributed by atoms with van der Waals surface area (Å²) in [6.45, 7) is 7.15. The number of hydrogen-bond acceptors (Lipinski definition) is 3. The van der Waals surface area contributed by atoms with Crippen molar-refractivity contribution in [3.8, 4) is 0 Å². The van der Waals surface area contributed by atoms with Gasteiger partial charge >= 0.3 is 0 Å². The molecule has 0 saturated carbocycles. The van der Waals surface area contributed by atoms with Crippen LogP contribution in [0.15, 0.2) is 42.5 Å². The van der Waals surface area contributed by atoms with Crippen LogP contribution in [0.2, 0.25) is 0 Å². The van der Waals surface area contributed by atoms with Crippen molar-refractivity contribution in [2.45, 2.75) is 32.6 Å². The number of nitrogens with zero attached hydrogens (tertiary/aromatic N) is 1. The van der Waals surface area contributed by atoms with Gasteiger partial charge < -0.3 is 15.0 Å². The summed E-state index contributed by atoms with van der Waals surface area (Å²) in [6.07, 6.45) is 0.773. The summed E-state index contributed by atoms with van der Waals surface area (Å²) >= 11 is 0. The van der Waals surface area contributed by atoms with E-state index in [1.807, 2.05) is 42.5 Å². The highest BCUT2D eigenvalue weighted by Gasteiger charge is 2.24. The molecule has 0 bridgehead atoms. The van der Waals surface area contributed by atoms with E-state index in [1.54, 1.807) is 4.90 Å². The molecule has 2 amide bonds. The lowest BCUT2D eigenvalue weighted by Crippen LogP contribution is -2.31. The molecule has 0 aromatic heterocycles. The number of carbonyl (C=O) groups is 2. The average molecular weight is 366 g/mol. The molecule has 142 valence electrons. The number of anilines is 2. The SMILES string of the molecule is COCC(=O)N1CCc2cc(NC(=O)c3ccc(C(C)(C)C)cc3)ccc21. The number of fused-ring (bicyclic) bond motifs is 1. The van der Waals surface area contributed by atoms with Gasteiger partial charge in [-0.05, 0) is 53.3 Å². The fourth-order valence-corrected chi connectivity index (χ4v) is 3.26. The first kappa shape index (κ1) is 19.1. The Morgan fingerprint density at radius 1 is 1.11 bits per heavy atom. The highest BCUT2D eigenvalue weighted by Crippen LogP contribution is 2.31. The topological polar surface area (TPSA) is 58.6 Å². The van der Waals surface area contributed by atoms with Crippen molar-refractivity contribution in [3.63, 3.8) is 0 Å². The number of ether oxygens (including phenoxy) is 1. The molecule has 27 heavy (non-hydrogen) atoms. The van der Waals surface area contributed by atoms with Gasteiger partial charge in [-0.2, -0.15) is 0 Å². The van der Waals surface area contributed by atoms with Gasteiger partial charge in [-0.15, -0.1) is 0 Å². The van der Waals surface area contributed by atoms with Crippen molar-refractivity contribution in [2.24, 2.45) is 0 Å². The van der Waals surface area contributed by atoms with Crippen molar-refractivity contribution >= 4 is 23.2 Å². The number of hydrogen-bond donors (Lipinski definition) is 1. The van der Waals surface area contributed by atoms with E-state index in [4.69, 9.17) is 4.74 Å². The second kappa shape index (κ2) is 7.53. The van der Waals surface area contributed by atoms with Crippen molar-refractivity contribution < 1.29 is 14.3 Å². The maximum Gasteiger partial charge on any atom is 0.255 e. The van der Waals surface area contributed by atoms with Gasteiger partial charge in [-0.3, -0.25) is 9.59 Å². The van der Waals surface area contributed by atoms with Crippen LogP contribution in [0, 0.1) is 0 Å². The maximum absolute atomic E-state index is 12.5. The van der Waals surface area contributed by atoms with Gasteiger partial charge in [-0.25, -0.2) is 0 Å². The fraction of sp³-hybridized carbons (Fsp3) is 0.364. The third-order valence-electron chi connectivity index (χ3n) is 4.81. The summed E-state index contributed by atoms with van der Waals surface area (Å²) in [4.78, 5) is 26.4. The largest absolute Gasteiger partial charge is 0.375 e. The number of nitrogens with one attached hydrogen (secondary N) is 1. The van der Waals surface area contributed by atoms with Crippen LogP contribution in [-0.2, 0) is 21.4 Å². The van der Waals surface area contributed by atoms with Gasteiger partial charge in [0, 0.05) is 30.6 Å². The normalized spacial score (nSPS) is 13.4. The standard InChI is InChI=1S/C22H26N2O3/c1-22(2,3)17-7-5-15(6-8-17)21(26)23-18-9-10-19-16(13-18)11-12-24(19)20(25)14-27-4/h5-10,13H,11-12,14H2,1-4H3,(H,23,26). The van der Waals surface area contributed by atoms with E-state index in [2.05, 4.69) is 26.1 Å². The zero-order valence-electron chi connectivity index (χ0n) is 16.3. The van der Waals surface area contributed by atoms with Crippen LogP contribution in [0.3, 0.4) is 0 Å². The quantitative estimate of drug-likeness (QED) is 0.896. The zero-order chi connectivity index (χ0) is 19.6. The lowest BCUT2D eigenvalue weighted by Gasteiger charge is -2.19. The van der Waals surface area contributed by atoms with Gasteiger partial charge in [-0.1, -0.05) is 32.9 Å². The first-order valence-corrected chi connectivity index (χ1v) is 9.14. The van der Waals surface area contributed by atoms with E-state index in [1.165, 1.54) is 12.7 Å². The summed E-state index contributed by atoms with van der Waals surface area (Å²) in [5, 5.41) is 2.95. The molecule has 2 aromatic rings. The summed E-state index contributed by atoms with van der Waals surface area (Å²) in [7, 11) is 1.52. The monoisotopic (exact) mass is 366 g/mol. The Morgan fingerprint density at radius 3 is 2.44 bits per heavy atom. The van der Waals surface area contributed by atoms with Crippen LogP contribution >= 0.6 is 0 Å². The molecule has 0 aliphatic carbocycles. The average Bonchev–Trinajstić information content (AvgIpc) is 3.04. The van der Waals surface area contributed by atoms with Crippen LogP contribution in [0.5, 0.6) is 0 Å². The lowest BCUT2D eigenvalue weighted by molar-refractivity contribution is -0.122. The third kappa shape index (κ3) is 4.19. The Kier molecular flexibility index (Phi) is 5.33. The summed E-state index contributed by atoms with van der Waals surface area (Å²) in [6, 6.07) is 13.4. The molecule has 2 aromatic carbocycles. The molecule has 0 fully saturated rings. The molecule has 5 nitrogen and oxygen atoms in total. The minimum Gasteiger partial charge on any atom is -0.375 e. The second-order valence-electron chi connectivity index (χ2n) is 7.85. The molecule has 1 heterocycles. The summed E-state index contributed by atoms with van der Waals surface area (Å²) in [5.74, 6) is -0.187. The first-order valence-electron chi connectivity index (χ1n) is 9.14. The molecule has 1 aliphatic heterocycles. The first-order chi connectivity index (χ1) is 12.8. The smallest absolute Gasteiger partial charge is 0.255 e. The molecule has 5 heteroatoms. The molecule has 0 unspecified atom stereocenters. The van der Waals surface area contributed by atoms with Crippen molar-refractivity contribution in [2.75, 3.05) is 30.5 Å². The number of methoxy groups -OCH3 is 1. The minimum atomic E-state index is -0.138. The molecule has 0 saturated heterocycles. The Bertz CT molecular complexity index is 851. The van der Waals surface area contributed by atoms with Crippen LogP contribution in [-0.4, -0.2) is 32.1 Å². The Hall–Kier alpha value is -2.66. The van der Waals surface area contributed by atoms with Gasteiger partial charge in [0.2, 0.25) is 0 Å². The molecule has 0 atom stereocenters. The van der Waals surface area contributed by atoms with Crippen LogP contribution in [0.4, 0.5) is 11.4 Å². The second-order valence-corrected chi connectivity index (χ2v) is 7.85. The highest BCUT2D eigenvalue weighted by molar-refractivity contribution is 6.04. The van der Waals surface area contributed by atoms with Gasteiger partial charge in [0.05, 0.1) is 0 Å². The summed E-state index contributed by atoms with van der Waals surface area (Å²) in [5.41, 5.74) is 4.56. The molecule has 3 rings (SSSR count). The van der Waals surface area contributed by atoms with Crippen LogP contribution in [0.25, 0.3) is 0 Å². The van der Waals surface area contributed by atoms with Crippen molar-refractivity contribution in [1.82, 2.24) is 0 Å².